The average Bonchev–Trinajstić information content (AvgIpc) is 2.38. The second-order valence-electron chi connectivity index (χ2n) is 3.55. The molecule has 0 spiro atoms. The highest BCUT2D eigenvalue weighted by molar-refractivity contribution is 6.11. The van der Waals surface area contributed by atoms with Crippen molar-refractivity contribution < 1.29 is 9.59 Å². The Hall–Kier alpha value is -1.52. The summed E-state index contributed by atoms with van der Waals surface area (Å²) in [4.78, 5) is 28.1. The molecule has 0 unspecified atom stereocenters. The molecule has 0 radical (unpaired) electrons. The van der Waals surface area contributed by atoms with Crippen molar-refractivity contribution >= 4 is 11.9 Å². The van der Waals surface area contributed by atoms with Gasteiger partial charge >= 0.3 is 6.03 Å². The Morgan fingerprint density at radius 3 is 2.07 bits per heavy atom. The smallest absolute Gasteiger partial charge is 0.331 e. The monoisotopic (exact) mass is 211 g/mol. The predicted molar refractivity (Wildman–Crippen MR) is 56.9 cm³/mol. The molecule has 1 aliphatic rings. The molecule has 15 heavy (non-hydrogen) atoms. The van der Waals surface area contributed by atoms with Crippen LogP contribution in [0.3, 0.4) is 0 Å². The van der Waals surface area contributed by atoms with E-state index in [0.29, 0.717) is 18.8 Å². The molecule has 1 saturated heterocycles. The molecule has 0 aliphatic carbocycles. The maximum atomic E-state index is 11.8. The van der Waals surface area contributed by atoms with Gasteiger partial charge in [0.15, 0.2) is 0 Å². The molecule has 3 amide bonds. The summed E-state index contributed by atoms with van der Waals surface area (Å²) in [5.41, 5.74) is 0.453. The van der Waals surface area contributed by atoms with Crippen LogP contribution in [0.25, 0.3) is 0 Å². The second kappa shape index (κ2) is 4.33. The lowest BCUT2D eigenvalue weighted by molar-refractivity contribution is -0.123. The highest BCUT2D eigenvalue weighted by Crippen LogP contribution is 2.20. The van der Waals surface area contributed by atoms with E-state index in [0.717, 1.165) is 0 Å². The number of urea groups is 1. The van der Waals surface area contributed by atoms with E-state index in [-0.39, 0.29) is 11.9 Å². The Labute approximate surface area is 89.9 Å². The topological polar surface area (TPSA) is 43.9 Å². The molecule has 0 saturated carbocycles. The van der Waals surface area contributed by atoms with Crippen molar-refractivity contribution in [1.29, 1.82) is 0 Å². The average molecular weight is 211 g/mol. The molecule has 1 heterocycles. The lowest BCUT2D eigenvalue weighted by atomic mass is 10.4. The first kappa shape index (κ1) is 11.6. The van der Waals surface area contributed by atoms with Gasteiger partial charge in [-0.25, -0.2) is 4.79 Å². The molecule has 0 bridgehead atoms. The van der Waals surface area contributed by atoms with Crippen LogP contribution in [0.5, 0.6) is 0 Å². The van der Waals surface area contributed by atoms with Gasteiger partial charge in [-0.1, -0.05) is 0 Å². The molecule has 0 N–H and O–H groups in total. The van der Waals surface area contributed by atoms with Gasteiger partial charge in [-0.05, 0) is 13.8 Å². The largest absolute Gasteiger partial charge is 0.382 e. The fourth-order valence-corrected chi connectivity index (χ4v) is 1.54. The van der Waals surface area contributed by atoms with Crippen molar-refractivity contribution in [3.8, 4) is 0 Å². The summed E-state index contributed by atoms with van der Waals surface area (Å²) >= 11 is 0. The van der Waals surface area contributed by atoms with Crippen molar-refractivity contribution in [1.82, 2.24) is 14.7 Å². The summed E-state index contributed by atoms with van der Waals surface area (Å²) in [7, 11) is 3.65. The first-order valence-corrected chi connectivity index (χ1v) is 5.04. The Balaban J connectivity index is 3.06. The lowest BCUT2D eigenvalue weighted by Gasteiger charge is -2.14. The third kappa shape index (κ3) is 1.95. The van der Waals surface area contributed by atoms with E-state index in [9.17, 15) is 9.59 Å². The molecule has 0 atom stereocenters. The zero-order chi connectivity index (χ0) is 11.6. The lowest BCUT2D eigenvalue weighted by Crippen LogP contribution is -2.32. The quantitative estimate of drug-likeness (QED) is 0.509. The van der Waals surface area contributed by atoms with Gasteiger partial charge in [0.25, 0.3) is 5.91 Å². The van der Waals surface area contributed by atoms with Crippen molar-refractivity contribution in [2.75, 3.05) is 27.2 Å². The van der Waals surface area contributed by atoms with Crippen LogP contribution in [-0.2, 0) is 4.79 Å². The van der Waals surface area contributed by atoms with E-state index in [1.54, 1.807) is 18.0 Å². The van der Waals surface area contributed by atoms with Crippen LogP contribution in [0.15, 0.2) is 11.9 Å². The highest BCUT2D eigenvalue weighted by Gasteiger charge is 2.39. The molecule has 1 rings (SSSR count). The van der Waals surface area contributed by atoms with Crippen molar-refractivity contribution in [2.45, 2.75) is 13.8 Å². The van der Waals surface area contributed by atoms with Crippen molar-refractivity contribution in [3.05, 3.63) is 11.9 Å². The molecule has 0 aromatic rings. The number of amides is 3. The Bertz CT molecular complexity index is 310. The van der Waals surface area contributed by atoms with Gasteiger partial charge in [0.1, 0.15) is 5.70 Å². The number of carbonyl (C=O) groups excluding carboxylic acids is 2. The molecule has 84 valence electrons. The predicted octanol–water partition coefficient (Wildman–Crippen LogP) is 0.693. The molecule has 5 nitrogen and oxygen atoms in total. The van der Waals surface area contributed by atoms with E-state index in [1.807, 2.05) is 21.0 Å². The minimum absolute atomic E-state index is 0.210. The summed E-state index contributed by atoms with van der Waals surface area (Å²) in [5, 5.41) is 0. The van der Waals surface area contributed by atoms with Crippen LogP contribution in [0.2, 0.25) is 0 Å². The fraction of sp³-hybridized carbons (Fsp3) is 0.600. The summed E-state index contributed by atoms with van der Waals surface area (Å²) in [5.74, 6) is -0.210. The highest BCUT2D eigenvalue weighted by atomic mass is 16.2. The zero-order valence-electron chi connectivity index (χ0n) is 9.65. The Kier molecular flexibility index (Phi) is 3.34. The number of rotatable bonds is 3. The summed E-state index contributed by atoms with van der Waals surface area (Å²) in [6.45, 7) is 4.58. The van der Waals surface area contributed by atoms with E-state index < -0.39 is 0 Å². The van der Waals surface area contributed by atoms with Gasteiger partial charge in [0.2, 0.25) is 0 Å². The normalized spacial score (nSPS) is 19.3. The van der Waals surface area contributed by atoms with Crippen LogP contribution >= 0.6 is 0 Å². The van der Waals surface area contributed by atoms with Gasteiger partial charge in [0.05, 0.1) is 0 Å². The minimum Gasteiger partial charge on any atom is -0.382 e. The van der Waals surface area contributed by atoms with Gasteiger partial charge < -0.3 is 4.90 Å². The van der Waals surface area contributed by atoms with Crippen LogP contribution in [-0.4, -0.2) is 53.8 Å². The SMILES string of the molecule is CCN1C(=O)/C(=C/N(C)C)N(CC)C1=O. The number of imide groups is 1. The first-order chi connectivity index (χ1) is 7.02. The third-order valence-electron chi connectivity index (χ3n) is 2.23. The van der Waals surface area contributed by atoms with Crippen LogP contribution < -0.4 is 0 Å². The molecular weight excluding hydrogens is 194 g/mol. The maximum Gasteiger partial charge on any atom is 0.331 e. The maximum absolute atomic E-state index is 11.8. The second-order valence-corrected chi connectivity index (χ2v) is 3.55. The van der Waals surface area contributed by atoms with Gasteiger partial charge in [0, 0.05) is 33.4 Å². The van der Waals surface area contributed by atoms with Crippen molar-refractivity contribution in [3.63, 3.8) is 0 Å². The molecule has 0 aromatic heterocycles. The van der Waals surface area contributed by atoms with Gasteiger partial charge in [-0.15, -0.1) is 0 Å². The fourth-order valence-electron chi connectivity index (χ4n) is 1.54. The van der Waals surface area contributed by atoms with Crippen LogP contribution in [0.1, 0.15) is 13.8 Å². The number of nitrogens with zero attached hydrogens (tertiary/aromatic N) is 3. The first-order valence-electron chi connectivity index (χ1n) is 5.04. The Morgan fingerprint density at radius 2 is 1.67 bits per heavy atom. The third-order valence-corrected chi connectivity index (χ3v) is 2.23. The molecule has 1 aliphatic heterocycles. The van der Waals surface area contributed by atoms with E-state index in [2.05, 4.69) is 0 Å². The molecule has 0 aromatic carbocycles. The van der Waals surface area contributed by atoms with E-state index in [1.165, 1.54) is 9.80 Å². The standard InChI is InChI=1S/C10H17N3O2/c1-5-12-8(7-11(3)4)9(14)13(6-2)10(12)15/h7H,5-6H2,1-4H3/b8-7-. The Morgan fingerprint density at radius 1 is 1.13 bits per heavy atom. The molecule has 1 fully saturated rings. The summed E-state index contributed by atoms with van der Waals surface area (Å²) in [6.07, 6.45) is 1.68. The van der Waals surface area contributed by atoms with Gasteiger partial charge in [-0.2, -0.15) is 0 Å². The van der Waals surface area contributed by atoms with Crippen molar-refractivity contribution in [2.24, 2.45) is 0 Å². The molecule has 5 heteroatoms. The van der Waals surface area contributed by atoms with E-state index in [4.69, 9.17) is 0 Å². The minimum atomic E-state index is -0.224. The number of hydrogen-bond acceptors (Lipinski definition) is 3. The summed E-state index contributed by atoms with van der Waals surface area (Å²) in [6, 6.07) is -0.224. The number of hydrogen-bond donors (Lipinski definition) is 0. The number of likely N-dealkylation sites (N-methyl/N-ethyl adjacent to an activating group) is 2. The zero-order valence-corrected chi connectivity index (χ0v) is 9.65. The van der Waals surface area contributed by atoms with Crippen LogP contribution in [0, 0.1) is 0 Å². The molecular formula is C10H17N3O2. The number of carbonyl (C=O) groups is 2. The van der Waals surface area contributed by atoms with Gasteiger partial charge in [-0.3, -0.25) is 14.6 Å². The van der Waals surface area contributed by atoms with Crippen LogP contribution in [0.4, 0.5) is 4.79 Å². The summed E-state index contributed by atoms with van der Waals surface area (Å²) < 4.78 is 0. The van der Waals surface area contributed by atoms with E-state index >= 15 is 0 Å².